The third-order valence-electron chi connectivity index (χ3n) is 3.35. The Morgan fingerprint density at radius 3 is 2.70 bits per heavy atom. The van der Waals surface area contributed by atoms with E-state index in [1.807, 2.05) is 43.1 Å². The van der Waals surface area contributed by atoms with Gasteiger partial charge in [-0.15, -0.1) is 0 Å². The zero-order valence-corrected chi connectivity index (χ0v) is 12.0. The highest BCUT2D eigenvalue weighted by Crippen LogP contribution is 2.31. The number of anilines is 1. The molecule has 0 spiro atoms. The summed E-state index contributed by atoms with van der Waals surface area (Å²) in [6.45, 7) is 1.97. The van der Waals surface area contributed by atoms with Gasteiger partial charge in [0.2, 0.25) is 0 Å². The van der Waals surface area contributed by atoms with Crippen molar-refractivity contribution in [1.82, 2.24) is 4.98 Å². The fourth-order valence-electron chi connectivity index (χ4n) is 2.08. The van der Waals surface area contributed by atoms with E-state index < -0.39 is 5.97 Å². The number of hydrogen-bond acceptors (Lipinski definition) is 3. The van der Waals surface area contributed by atoms with Crippen molar-refractivity contribution in [3.8, 4) is 0 Å². The molecule has 2 aromatic rings. The summed E-state index contributed by atoms with van der Waals surface area (Å²) in [6.07, 6.45) is 3.03. The Balaban J connectivity index is 2.39. The van der Waals surface area contributed by atoms with E-state index in [1.165, 1.54) is 12.3 Å². The topological polar surface area (TPSA) is 53.4 Å². The Labute approximate surface area is 122 Å². The summed E-state index contributed by atoms with van der Waals surface area (Å²) in [5.74, 6) is -0.972. The molecule has 0 amide bonds. The van der Waals surface area contributed by atoms with E-state index in [-0.39, 0.29) is 11.6 Å². The Morgan fingerprint density at radius 2 is 2.05 bits per heavy atom. The van der Waals surface area contributed by atoms with E-state index in [0.717, 1.165) is 5.56 Å². The van der Waals surface area contributed by atoms with Crippen molar-refractivity contribution >= 4 is 23.3 Å². The van der Waals surface area contributed by atoms with Crippen molar-refractivity contribution in [1.29, 1.82) is 0 Å². The molecule has 0 aliphatic heterocycles. The number of nitrogens with zero attached hydrogens (tertiary/aromatic N) is 2. The van der Waals surface area contributed by atoms with Crippen LogP contribution in [0.2, 0.25) is 5.02 Å². The predicted octanol–water partition coefficient (Wildman–Crippen LogP) is 3.63. The van der Waals surface area contributed by atoms with Gasteiger partial charge in [-0.25, -0.2) is 4.79 Å². The van der Waals surface area contributed by atoms with Gasteiger partial charge in [0.05, 0.1) is 23.5 Å². The van der Waals surface area contributed by atoms with E-state index in [1.54, 1.807) is 6.20 Å². The molecule has 2 rings (SSSR count). The van der Waals surface area contributed by atoms with Crippen LogP contribution in [0.25, 0.3) is 0 Å². The van der Waals surface area contributed by atoms with Crippen LogP contribution in [0.1, 0.15) is 28.9 Å². The second-order valence-electron chi connectivity index (χ2n) is 4.51. The van der Waals surface area contributed by atoms with Gasteiger partial charge in [0, 0.05) is 18.3 Å². The predicted molar refractivity (Wildman–Crippen MR) is 79.5 cm³/mol. The van der Waals surface area contributed by atoms with Gasteiger partial charge in [-0.1, -0.05) is 29.8 Å². The number of hydrogen-bond donors (Lipinski definition) is 1. The van der Waals surface area contributed by atoms with Gasteiger partial charge < -0.3 is 10.0 Å². The van der Waals surface area contributed by atoms with Crippen LogP contribution in [-0.2, 0) is 0 Å². The largest absolute Gasteiger partial charge is 0.478 e. The molecular formula is C15H15ClN2O2. The highest BCUT2D eigenvalue weighted by molar-refractivity contribution is 6.31. The van der Waals surface area contributed by atoms with Crippen LogP contribution in [0.5, 0.6) is 0 Å². The molecule has 20 heavy (non-hydrogen) atoms. The van der Waals surface area contributed by atoms with Crippen molar-refractivity contribution in [3.63, 3.8) is 0 Å². The third kappa shape index (κ3) is 2.75. The average Bonchev–Trinajstić information content (AvgIpc) is 2.46. The van der Waals surface area contributed by atoms with Crippen molar-refractivity contribution in [2.75, 3.05) is 11.9 Å². The molecule has 1 aromatic heterocycles. The molecule has 0 aliphatic carbocycles. The first-order chi connectivity index (χ1) is 9.52. The van der Waals surface area contributed by atoms with Crippen molar-refractivity contribution in [3.05, 3.63) is 58.9 Å². The van der Waals surface area contributed by atoms with Crippen LogP contribution in [0.4, 0.5) is 5.69 Å². The fraction of sp³-hybridized carbons (Fsp3) is 0.200. The van der Waals surface area contributed by atoms with E-state index in [4.69, 9.17) is 11.6 Å². The fourth-order valence-corrected chi connectivity index (χ4v) is 2.37. The molecule has 1 atom stereocenters. The molecule has 0 saturated carbocycles. The normalized spacial score (nSPS) is 11.9. The lowest BCUT2D eigenvalue weighted by Gasteiger charge is -2.28. The van der Waals surface area contributed by atoms with Gasteiger partial charge in [-0.2, -0.15) is 0 Å². The molecule has 1 heterocycles. The molecule has 0 fully saturated rings. The first-order valence-electron chi connectivity index (χ1n) is 6.17. The van der Waals surface area contributed by atoms with Crippen LogP contribution in [0, 0.1) is 0 Å². The molecule has 1 N–H and O–H groups in total. The second-order valence-corrected chi connectivity index (χ2v) is 4.91. The summed E-state index contributed by atoms with van der Waals surface area (Å²) in [6, 6.07) is 8.96. The quantitative estimate of drug-likeness (QED) is 0.934. The number of halogens is 1. The molecule has 0 aliphatic rings. The molecule has 104 valence electrons. The monoisotopic (exact) mass is 290 g/mol. The van der Waals surface area contributed by atoms with Crippen molar-refractivity contribution in [2.45, 2.75) is 13.0 Å². The number of rotatable bonds is 4. The standard InChI is InChI=1S/C15H15ClN2O2/c1-10(11-5-3-4-6-13(11)16)18(2)14-9-17-8-7-12(14)15(19)20/h3-10H,1-2H3,(H,19,20). The lowest BCUT2D eigenvalue weighted by atomic mass is 10.1. The molecule has 1 unspecified atom stereocenters. The van der Waals surface area contributed by atoms with Gasteiger partial charge >= 0.3 is 5.97 Å². The van der Waals surface area contributed by atoms with Gasteiger partial charge in [-0.05, 0) is 24.6 Å². The molecular weight excluding hydrogens is 276 g/mol. The highest BCUT2D eigenvalue weighted by Gasteiger charge is 2.19. The van der Waals surface area contributed by atoms with Crippen molar-refractivity contribution < 1.29 is 9.90 Å². The maximum Gasteiger partial charge on any atom is 0.337 e. The number of aromatic carboxylic acids is 1. The molecule has 0 bridgehead atoms. The first-order valence-corrected chi connectivity index (χ1v) is 6.54. The van der Waals surface area contributed by atoms with E-state index in [2.05, 4.69) is 4.98 Å². The van der Waals surface area contributed by atoms with Crippen LogP contribution in [0.15, 0.2) is 42.7 Å². The number of benzene rings is 1. The summed E-state index contributed by atoms with van der Waals surface area (Å²) >= 11 is 6.19. The number of pyridine rings is 1. The lowest BCUT2D eigenvalue weighted by molar-refractivity contribution is 0.0697. The van der Waals surface area contributed by atoms with E-state index in [0.29, 0.717) is 10.7 Å². The van der Waals surface area contributed by atoms with Crippen LogP contribution < -0.4 is 4.90 Å². The summed E-state index contributed by atoms with van der Waals surface area (Å²) in [5, 5.41) is 9.90. The van der Waals surface area contributed by atoms with Crippen molar-refractivity contribution in [2.24, 2.45) is 0 Å². The second kappa shape index (κ2) is 5.92. The minimum absolute atomic E-state index is 0.0639. The van der Waals surface area contributed by atoms with Gasteiger partial charge in [0.15, 0.2) is 0 Å². The minimum atomic E-state index is -0.972. The number of carboxylic acid groups (broad SMARTS) is 1. The third-order valence-corrected chi connectivity index (χ3v) is 3.69. The number of aromatic nitrogens is 1. The first kappa shape index (κ1) is 14.3. The van der Waals surface area contributed by atoms with Crippen LogP contribution in [-0.4, -0.2) is 23.1 Å². The Bertz CT molecular complexity index is 631. The maximum atomic E-state index is 11.3. The van der Waals surface area contributed by atoms with Crippen LogP contribution >= 0.6 is 11.6 Å². The zero-order valence-electron chi connectivity index (χ0n) is 11.2. The molecule has 4 nitrogen and oxygen atoms in total. The minimum Gasteiger partial charge on any atom is -0.478 e. The van der Waals surface area contributed by atoms with Gasteiger partial charge in [0.1, 0.15) is 0 Å². The van der Waals surface area contributed by atoms with E-state index >= 15 is 0 Å². The summed E-state index contributed by atoms with van der Waals surface area (Å²) in [4.78, 5) is 17.1. The Morgan fingerprint density at radius 1 is 1.35 bits per heavy atom. The maximum absolute atomic E-state index is 11.3. The smallest absolute Gasteiger partial charge is 0.337 e. The number of carbonyl (C=O) groups is 1. The number of carboxylic acids is 1. The summed E-state index contributed by atoms with van der Waals surface area (Å²) < 4.78 is 0. The summed E-state index contributed by atoms with van der Waals surface area (Å²) in [7, 11) is 1.83. The summed E-state index contributed by atoms with van der Waals surface area (Å²) in [5.41, 5.74) is 1.73. The Kier molecular flexibility index (Phi) is 4.25. The van der Waals surface area contributed by atoms with Gasteiger partial charge in [0.25, 0.3) is 0 Å². The van der Waals surface area contributed by atoms with Gasteiger partial charge in [-0.3, -0.25) is 4.98 Å². The Hall–Kier alpha value is -2.07. The van der Waals surface area contributed by atoms with E-state index in [9.17, 15) is 9.90 Å². The molecule has 5 heteroatoms. The molecule has 1 aromatic carbocycles. The molecule has 0 saturated heterocycles. The highest BCUT2D eigenvalue weighted by atomic mass is 35.5. The lowest BCUT2D eigenvalue weighted by Crippen LogP contribution is -2.24. The van der Waals surface area contributed by atoms with Crippen LogP contribution in [0.3, 0.4) is 0 Å². The zero-order chi connectivity index (χ0) is 14.7. The molecule has 0 radical (unpaired) electrons. The SMILES string of the molecule is CC(c1ccccc1Cl)N(C)c1cnccc1C(=O)O. The average molecular weight is 291 g/mol.